The molecule has 2 unspecified atom stereocenters. The minimum atomic E-state index is -1.03. The second kappa shape index (κ2) is 4.92. The lowest BCUT2D eigenvalue weighted by atomic mass is 10.2. The van der Waals surface area contributed by atoms with E-state index in [9.17, 15) is 9.59 Å². The number of carboxylic acid groups (broad SMARTS) is 1. The van der Waals surface area contributed by atoms with Crippen molar-refractivity contribution in [1.82, 2.24) is 5.48 Å². The molecule has 0 saturated carbocycles. The molecule has 0 radical (unpaired) electrons. The summed E-state index contributed by atoms with van der Waals surface area (Å²) in [6, 6.07) is 0. The van der Waals surface area contributed by atoms with Crippen LogP contribution in [-0.4, -0.2) is 35.8 Å². The van der Waals surface area contributed by atoms with Crippen LogP contribution in [0.25, 0.3) is 0 Å². The van der Waals surface area contributed by atoms with Gasteiger partial charge in [0.05, 0.1) is 6.61 Å². The number of amides is 1. The topological polar surface area (TPSA) is 84.9 Å². The number of hydrogen-bond donors (Lipinski definition) is 2. The van der Waals surface area contributed by atoms with Gasteiger partial charge in [0.15, 0.2) is 6.10 Å². The molecule has 1 heterocycles. The zero-order valence-corrected chi connectivity index (χ0v) is 7.86. The van der Waals surface area contributed by atoms with Gasteiger partial charge in [-0.1, -0.05) is 0 Å². The van der Waals surface area contributed by atoms with Crippen molar-refractivity contribution < 1.29 is 24.3 Å². The van der Waals surface area contributed by atoms with Gasteiger partial charge in [0.2, 0.25) is 0 Å². The summed E-state index contributed by atoms with van der Waals surface area (Å²) in [4.78, 5) is 26.4. The molecule has 14 heavy (non-hydrogen) atoms. The van der Waals surface area contributed by atoms with Crippen LogP contribution in [0.1, 0.15) is 19.8 Å². The van der Waals surface area contributed by atoms with Crippen LogP contribution in [0.15, 0.2) is 0 Å². The highest BCUT2D eigenvalue weighted by Crippen LogP contribution is 2.19. The van der Waals surface area contributed by atoms with E-state index in [1.807, 2.05) is 0 Å². The normalized spacial score (nSPS) is 26.1. The van der Waals surface area contributed by atoms with Crippen LogP contribution >= 0.6 is 0 Å². The number of carboxylic acids is 1. The molecule has 1 amide bonds. The number of carbonyl (C=O) groups is 2. The van der Waals surface area contributed by atoms with Crippen LogP contribution in [-0.2, 0) is 19.2 Å². The molecule has 6 heteroatoms. The molecule has 1 aliphatic rings. The van der Waals surface area contributed by atoms with E-state index in [0.29, 0.717) is 19.4 Å². The summed E-state index contributed by atoms with van der Waals surface area (Å²) in [7, 11) is 0. The molecule has 2 N–H and O–H groups in total. The van der Waals surface area contributed by atoms with E-state index in [4.69, 9.17) is 9.84 Å². The number of rotatable bonds is 4. The van der Waals surface area contributed by atoms with Gasteiger partial charge >= 0.3 is 5.97 Å². The number of hydrogen-bond acceptors (Lipinski definition) is 4. The van der Waals surface area contributed by atoms with E-state index in [2.05, 4.69) is 10.3 Å². The van der Waals surface area contributed by atoms with Crippen molar-refractivity contribution in [1.29, 1.82) is 0 Å². The smallest absolute Gasteiger partial charge is 0.332 e. The minimum Gasteiger partial charge on any atom is -0.479 e. The third-order valence-electron chi connectivity index (χ3n) is 1.90. The maximum Gasteiger partial charge on any atom is 0.332 e. The van der Waals surface area contributed by atoms with Crippen LogP contribution in [0.4, 0.5) is 0 Å². The van der Waals surface area contributed by atoms with Crippen molar-refractivity contribution in [2.24, 2.45) is 0 Å². The zero-order chi connectivity index (χ0) is 10.6. The summed E-state index contributed by atoms with van der Waals surface area (Å²) in [5, 5.41) is 8.60. The van der Waals surface area contributed by atoms with Gasteiger partial charge < -0.3 is 9.84 Å². The molecule has 0 aromatic heterocycles. The van der Waals surface area contributed by atoms with Crippen molar-refractivity contribution in [3.63, 3.8) is 0 Å². The number of nitrogens with one attached hydrogen (secondary N) is 1. The monoisotopic (exact) mass is 203 g/mol. The fourth-order valence-electron chi connectivity index (χ4n) is 1.22. The number of aliphatic carboxylic acids is 1. The molecule has 2 atom stereocenters. The molecule has 0 aliphatic carbocycles. The SMILES string of the molecule is CCONC(=O)C1CCC(C(=O)O)O1. The number of carbonyl (C=O) groups excluding carboxylic acids is 1. The molecule has 1 saturated heterocycles. The zero-order valence-electron chi connectivity index (χ0n) is 7.86. The lowest BCUT2D eigenvalue weighted by molar-refractivity contribution is -0.155. The summed E-state index contributed by atoms with van der Waals surface area (Å²) < 4.78 is 4.99. The Labute approximate surface area is 81.1 Å². The highest BCUT2D eigenvalue weighted by atomic mass is 16.7. The van der Waals surface area contributed by atoms with Crippen LogP contribution < -0.4 is 5.48 Å². The van der Waals surface area contributed by atoms with Crippen molar-refractivity contribution in [3.05, 3.63) is 0 Å². The van der Waals surface area contributed by atoms with Gasteiger partial charge in [-0.2, -0.15) is 0 Å². The molecular weight excluding hydrogens is 190 g/mol. The Morgan fingerprint density at radius 3 is 2.64 bits per heavy atom. The Bertz CT molecular complexity index is 230. The molecule has 1 fully saturated rings. The molecule has 0 aromatic rings. The van der Waals surface area contributed by atoms with Gasteiger partial charge in [-0.05, 0) is 19.8 Å². The molecule has 80 valence electrons. The van der Waals surface area contributed by atoms with E-state index in [0.717, 1.165) is 0 Å². The van der Waals surface area contributed by atoms with Crippen molar-refractivity contribution >= 4 is 11.9 Å². The molecule has 0 bridgehead atoms. The first kappa shape index (κ1) is 10.9. The van der Waals surface area contributed by atoms with Crippen molar-refractivity contribution in [2.75, 3.05) is 6.61 Å². The molecule has 0 spiro atoms. The maximum atomic E-state index is 11.2. The lowest BCUT2D eigenvalue weighted by Gasteiger charge is -2.10. The van der Waals surface area contributed by atoms with E-state index >= 15 is 0 Å². The van der Waals surface area contributed by atoms with Crippen LogP contribution in [0.3, 0.4) is 0 Å². The van der Waals surface area contributed by atoms with Gasteiger partial charge in [-0.3, -0.25) is 9.63 Å². The predicted octanol–water partition coefficient (Wildman–Crippen LogP) is -0.314. The van der Waals surface area contributed by atoms with Crippen LogP contribution in [0, 0.1) is 0 Å². The van der Waals surface area contributed by atoms with E-state index in [1.54, 1.807) is 6.92 Å². The van der Waals surface area contributed by atoms with Gasteiger partial charge in [0.25, 0.3) is 5.91 Å². The van der Waals surface area contributed by atoms with Crippen molar-refractivity contribution in [2.45, 2.75) is 32.0 Å². The Morgan fingerprint density at radius 2 is 2.14 bits per heavy atom. The summed E-state index contributed by atoms with van der Waals surface area (Å²) in [6.07, 6.45) is -0.801. The van der Waals surface area contributed by atoms with Crippen LogP contribution in [0.2, 0.25) is 0 Å². The third-order valence-corrected chi connectivity index (χ3v) is 1.90. The average molecular weight is 203 g/mol. The summed E-state index contributed by atoms with van der Waals surface area (Å²) in [5.74, 6) is -1.45. The quantitative estimate of drug-likeness (QED) is 0.612. The Kier molecular flexibility index (Phi) is 3.84. The van der Waals surface area contributed by atoms with E-state index in [1.165, 1.54) is 0 Å². The van der Waals surface area contributed by atoms with Gasteiger partial charge in [-0.15, -0.1) is 0 Å². The maximum absolute atomic E-state index is 11.2. The first-order valence-corrected chi connectivity index (χ1v) is 4.45. The molecule has 0 aromatic carbocycles. The predicted molar refractivity (Wildman–Crippen MR) is 45.3 cm³/mol. The summed E-state index contributed by atoms with van der Waals surface area (Å²) >= 11 is 0. The summed E-state index contributed by atoms with van der Waals surface area (Å²) in [5.41, 5.74) is 2.18. The van der Waals surface area contributed by atoms with Gasteiger partial charge in [-0.25, -0.2) is 10.3 Å². The van der Waals surface area contributed by atoms with Crippen LogP contribution in [0.5, 0.6) is 0 Å². The number of ether oxygens (including phenoxy) is 1. The van der Waals surface area contributed by atoms with E-state index in [-0.39, 0.29) is 0 Å². The Hall–Kier alpha value is -1.14. The van der Waals surface area contributed by atoms with Gasteiger partial charge in [0, 0.05) is 0 Å². The largest absolute Gasteiger partial charge is 0.479 e. The second-order valence-corrected chi connectivity index (χ2v) is 2.93. The lowest BCUT2D eigenvalue weighted by Crippen LogP contribution is -2.35. The molecule has 6 nitrogen and oxygen atoms in total. The average Bonchev–Trinajstić information content (AvgIpc) is 2.62. The standard InChI is InChI=1S/C8H13NO5/c1-2-13-9-7(10)5-3-4-6(14-5)8(11)12/h5-6H,2-4H2,1H3,(H,9,10)(H,11,12). The highest BCUT2D eigenvalue weighted by Gasteiger charge is 2.34. The minimum absolute atomic E-state index is 0.361. The first-order chi connectivity index (χ1) is 6.65. The summed E-state index contributed by atoms with van der Waals surface area (Å²) in [6.45, 7) is 2.09. The molecule has 1 rings (SSSR count). The second-order valence-electron chi connectivity index (χ2n) is 2.93. The fraction of sp³-hybridized carbons (Fsp3) is 0.750. The first-order valence-electron chi connectivity index (χ1n) is 4.45. The van der Waals surface area contributed by atoms with E-state index < -0.39 is 24.1 Å². The Morgan fingerprint density at radius 1 is 1.50 bits per heavy atom. The highest BCUT2D eigenvalue weighted by molar-refractivity contribution is 5.81. The third kappa shape index (κ3) is 2.68. The molecule has 1 aliphatic heterocycles. The fourth-order valence-corrected chi connectivity index (χ4v) is 1.22. The molecular formula is C8H13NO5. The number of hydroxylamine groups is 1. The van der Waals surface area contributed by atoms with Gasteiger partial charge in [0.1, 0.15) is 6.10 Å². The Balaban J connectivity index is 2.34. The van der Waals surface area contributed by atoms with Crippen molar-refractivity contribution in [3.8, 4) is 0 Å².